The minimum atomic E-state index is 0.220. The molecule has 0 amide bonds. The molecule has 0 spiro atoms. The summed E-state index contributed by atoms with van der Waals surface area (Å²) in [5.41, 5.74) is 5.80. The molecule has 1 heterocycles. The van der Waals surface area contributed by atoms with Gasteiger partial charge < -0.3 is 10.3 Å². The fourth-order valence-corrected chi connectivity index (χ4v) is 2.57. The van der Waals surface area contributed by atoms with Crippen LogP contribution in [0.25, 0.3) is 0 Å². The highest BCUT2D eigenvalue weighted by Gasteiger charge is 2.17. The van der Waals surface area contributed by atoms with Gasteiger partial charge in [-0.15, -0.1) is 11.8 Å². The second kappa shape index (κ2) is 7.29. The Kier molecular flexibility index (Phi) is 6.33. The molecular weight excluding hydrogens is 258 g/mol. The first kappa shape index (κ1) is 16.5. The largest absolute Gasteiger partial charge is 0.339 e. The first-order chi connectivity index (χ1) is 8.80. The van der Waals surface area contributed by atoms with Crippen LogP contribution in [0.4, 0.5) is 0 Å². The molecule has 0 aliphatic heterocycles. The van der Waals surface area contributed by atoms with Crippen molar-refractivity contribution in [1.82, 2.24) is 10.1 Å². The van der Waals surface area contributed by atoms with Gasteiger partial charge in [-0.2, -0.15) is 4.98 Å². The maximum Gasteiger partial charge on any atom is 0.226 e. The zero-order valence-corrected chi connectivity index (χ0v) is 13.6. The van der Waals surface area contributed by atoms with Crippen molar-refractivity contribution in [2.75, 3.05) is 6.54 Å². The summed E-state index contributed by atoms with van der Waals surface area (Å²) < 4.78 is 5.53. The Bertz CT molecular complexity index is 371. The molecule has 0 radical (unpaired) electrons. The molecule has 1 unspecified atom stereocenters. The SMILES string of the molecule is CC(C)CC(CN)Cc1nc(CSC(C)(C)C)no1. The smallest absolute Gasteiger partial charge is 0.226 e. The van der Waals surface area contributed by atoms with E-state index in [4.69, 9.17) is 10.3 Å². The summed E-state index contributed by atoms with van der Waals surface area (Å²) in [6.07, 6.45) is 1.90. The number of nitrogens with two attached hydrogens (primary N) is 1. The second-order valence-corrected chi connectivity index (χ2v) is 8.24. The van der Waals surface area contributed by atoms with Crippen molar-refractivity contribution >= 4 is 11.8 Å². The lowest BCUT2D eigenvalue weighted by molar-refractivity contribution is 0.330. The molecule has 0 saturated carbocycles. The van der Waals surface area contributed by atoms with Crippen LogP contribution in [0.2, 0.25) is 0 Å². The Morgan fingerprint density at radius 3 is 2.53 bits per heavy atom. The summed E-state index contributed by atoms with van der Waals surface area (Å²) in [4.78, 5) is 4.45. The van der Waals surface area contributed by atoms with Gasteiger partial charge in [-0.25, -0.2) is 0 Å². The lowest BCUT2D eigenvalue weighted by Gasteiger charge is -2.15. The molecule has 0 aliphatic carbocycles. The van der Waals surface area contributed by atoms with Gasteiger partial charge in [0.1, 0.15) is 0 Å². The lowest BCUT2D eigenvalue weighted by Crippen LogP contribution is -2.19. The maximum absolute atomic E-state index is 5.80. The van der Waals surface area contributed by atoms with Crippen LogP contribution in [0.5, 0.6) is 0 Å². The van der Waals surface area contributed by atoms with E-state index in [-0.39, 0.29) is 4.75 Å². The van der Waals surface area contributed by atoms with E-state index in [1.165, 1.54) is 0 Å². The van der Waals surface area contributed by atoms with Crippen LogP contribution in [0.3, 0.4) is 0 Å². The van der Waals surface area contributed by atoms with Crippen LogP contribution < -0.4 is 5.73 Å². The zero-order chi connectivity index (χ0) is 14.5. The van der Waals surface area contributed by atoms with Gasteiger partial charge in [-0.3, -0.25) is 0 Å². The molecule has 19 heavy (non-hydrogen) atoms. The van der Waals surface area contributed by atoms with E-state index in [0.717, 1.165) is 30.3 Å². The Morgan fingerprint density at radius 1 is 1.32 bits per heavy atom. The van der Waals surface area contributed by atoms with Crippen molar-refractivity contribution in [2.24, 2.45) is 17.6 Å². The van der Waals surface area contributed by atoms with Crippen molar-refractivity contribution in [3.8, 4) is 0 Å². The third-order valence-electron chi connectivity index (χ3n) is 2.75. The number of rotatable bonds is 7. The number of aromatic nitrogens is 2. The minimum Gasteiger partial charge on any atom is -0.339 e. The van der Waals surface area contributed by atoms with Crippen molar-refractivity contribution in [1.29, 1.82) is 0 Å². The van der Waals surface area contributed by atoms with Gasteiger partial charge in [0.25, 0.3) is 0 Å². The maximum atomic E-state index is 5.80. The highest BCUT2D eigenvalue weighted by Crippen LogP contribution is 2.26. The third kappa shape index (κ3) is 6.97. The fourth-order valence-electron chi connectivity index (χ4n) is 1.89. The van der Waals surface area contributed by atoms with Gasteiger partial charge in [-0.1, -0.05) is 39.8 Å². The summed E-state index contributed by atoms with van der Waals surface area (Å²) in [5, 5.41) is 4.04. The number of hydrogen-bond acceptors (Lipinski definition) is 5. The topological polar surface area (TPSA) is 64.9 Å². The summed E-state index contributed by atoms with van der Waals surface area (Å²) in [6, 6.07) is 0. The van der Waals surface area contributed by atoms with Gasteiger partial charge in [0.2, 0.25) is 5.89 Å². The van der Waals surface area contributed by atoms with Crippen LogP contribution >= 0.6 is 11.8 Å². The molecule has 0 bridgehead atoms. The molecule has 5 heteroatoms. The van der Waals surface area contributed by atoms with E-state index in [2.05, 4.69) is 44.8 Å². The average molecular weight is 285 g/mol. The van der Waals surface area contributed by atoms with Crippen LogP contribution in [-0.4, -0.2) is 21.4 Å². The van der Waals surface area contributed by atoms with E-state index < -0.39 is 0 Å². The summed E-state index contributed by atoms with van der Waals surface area (Å²) in [5.74, 6) is 3.39. The molecule has 1 aromatic rings. The molecule has 0 aliphatic rings. The molecule has 2 N–H and O–H groups in total. The number of hydrogen-bond donors (Lipinski definition) is 1. The zero-order valence-electron chi connectivity index (χ0n) is 12.8. The molecule has 4 nitrogen and oxygen atoms in total. The minimum absolute atomic E-state index is 0.220. The fraction of sp³-hybridized carbons (Fsp3) is 0.857. The number of nitrogens with zero attached hydrogens (tertiary/aromatic N) is 2. The summed E-state index contributed by atoms with van der Waals surface area (Å²) in [6.45, 7) is 11.7. The Labute approximate surface area is 120 Å². The van der Waals surface area contributed by atoms with Crippen molar-refractivity contribution in [3.63, 3.8) is 0 Å². The monoisotopic (exact) mass is 285 g/mol. The van der Waals surface area contributed by atoms with Gasteiger partial charge >= 0.3 is 0 Å². The Balaban J connectivity index is 2.49. The molecular formula is C14H27N3OS. The normalized spacial score (nSPS) is 14.1. The predicted molar refractivity (Wildman–Crippen MR) is 81.0 cm³/mol. The molecule has 1 atom stereocenters. The van der Waals surface area contributed by atoms with Gasteiger partial charge in [0.15, 0.2) is 5.82 Å². The molecule has 1 rings (SSSR count). The van der Waals surface area contributed by atoms with Crippen LogP contribution in [0, 0.1) is 11.8 Å². The van der Waals surface area contributed by atoms with Crippen molar-refractivity contribution in [2.45, 2.75) is 58.0 Å². The van der Waals surface area contributed by atoms with Gasteiger partial charge in [0, 0.05) is 11.2 Å². The second-order valence-electron chi connectivity index (χ2n) is 6.44. The van der Waals surface area contributed by atoms with E-state index >= 15 is 0 Å². The molecule has 1 aromatic heterocycles. The standard InChI is InChI=1S/C14H27N3OS/c1-10(2)6-11(8-15)7-13-16-12(17-18-13)9-19-14(3,4)5/h10-11H,6-9,15H2,1-5H3. The van der Waals surface area contributed by atoms with E-state index in [1.807, 2.05) is 11.8 Å². The Hall–Kier alpha value is -0.550. The third-order valence-corrected chi connectivity index (χ3v) is 4.01. The van der Waals surface area contributed by atoms with Crippen LogP contribution in [0.1, 0.15) is 52.8 Å². The van der Waals surface area contributed by atoms with Crippen LogP contribution in [0.15, 0.2) is 4.52 Å². The average Bonchev–Trinajstić information content (AvgIpc) is 2.72. The lowest BCUT2D eigenvalue weighted by atomic mass is 9.94. The predicted octanol–water partition coefficient (Wildman–Crippen LogP) is 3.26. The highest BCUT2D eigenvalue weighted by atomic mass is 32.2. The molecule has 0 saturated heterocycles. The van der Waals surface area contributed by atoms with Gasteiger partial charge in [0.05, 0.1) is 5.75 Å². The molecule has 0 aromatic carbocycles. The summed E-state index contributed by atoms with van der Waals surface area (Å²) in [7, 11) is 0. The van der Waals surface area contributed by atoms with Gasteiger partial charge in [-0.05, 0) is 24.8 Å². The quantitative estimate of drug-likeness (QED) is 0.833. The van der Waals surface area contributed by atoms with E-state index in [0.29, 0.717) is 18.4 Å². The summed E-state index contributed by atoms with van der Waals surface area (Å²) >= 11 is 1.83. The van der Waals surface area contributed by atoms with Crippen molar-refractivity contribution < 1.29 is 4.52 Å². The molecule has 0 fully saturated rings. The van der Waals surface area contributed by atoms with Crippen LogP contribution in [-0.2, 0) is 12.2 Å². The Morgan fingerprint density at radius 2 is 2.00 bits per heavy atom. The highest BCUT2D eigenvalue weighted by molar-refractivity contribution is 7.99. The first-order valence-corrected chi connectivity index (χ1v) is 7.94. The van der Waals surface area contributed by atoms with E-state index in [1.54, 1.807) is 0 Å². The number of thioether (sulfide) groups is 1. The molecule has 110 valence electrons. The van der Waals surface area contributed by atoms with Crippen molar-refractivity contribution in [3.05, 3.63) is 11.7 Å². The van der Waals surface area contributed by atoms with E-state index in [9.17, 15) is 0 Å². The first-order valence-electron chi connectivity index (χ1n) is 6.95.